The first-order valence-corrected chi connectivity index (χ1v) is 6.75. The minimum Gasteiger partial charge on any atom is -0.394 e. The average Bonchev–Trinajstić information content (AvgIpc) is 2.41. The van der Waals surface area contributed by atoms with E-state index < -0.39 is 0 Å². The van der Waals surface area contributed by atoms with Crippen molar-refractivity contribution in [2.75, 3.05) is 26.4 Å². The zero-order valence-electron chi connectivity index (χ0n) is 9.60. The van der Waals surface area contributed by atoms with Gasteiger partial charge in [0.15, 0.2) is 0 Å². The minimum atomic E-state index is -0.277. The van der Waals surface area contributed by atoms with E-state index in [0.29, 0.717) is 34.8 Å². The van der Waals surface area contributed by atoms with Crippen molar-refractivity contribution >= 4 is 33.4 Å². The van der Waals surface area contributed by atoms with Crippen molar-refractivity contribution in [3.8, 4) is 0 Å². The second-order valence-electron chi connectivity index (χ2n) is 4.04. The zero-order chi connectivity index (χ0) is 13.1. The second-order valence-corrected chi connectivity index (χ2v) is 5.30. The Morgan fingerprint density at radius 1 is 1.61 bits per heavy atom. The summed E-state index contributed by atoms with van der Waals surface area (Å²) >= 11 is 9.19. The van der Waals surface area contributed by atoms with E-state index in [1.807, 2.05) is 0 Å². The van der Waals surface area contributed by atoms with E-state index in [9.17, 15) is 9.90 Å². The summed E-state index contributed by atoms with van der Waals surface area (Å²) in [5.74, 6) is -0.116. The molecule has 1 heterocycles. The first-order valence-electron chi connectivity index (χ1n) is 5.58. The Bertz CT molecular complexity index is 455. The van der Waals surface area contributed by atoms with Gasteiger partial charge in [0.05, 0.1) is 30.9 Å². The Hall–Kier alpha value is -0.620. The first-order chi connectivity index (χ1) is 8.63. The molecule has 18 heavy (non-hydrogen) atoms. The highest BCUT2D eigenvalue weighted by Crippen LogP contribution is 2.24. The van der Waals surface area contributed by atoms with Gasteiger partial charge in [0.2, 0.25) is 0 Å². The molecular formula is C12H13BrClNO3. The van der Waals surface area contributed by atoms with Gasteiger partial charge < -0.3 is 14.7 Å². The lowest BCUT2D eigenvalue weighted by Crippen LogP contribution is -2.50. The second kappa shape index (κ2) is 6.02. The van der Waals surface area contributed by atoms with Gasteiger partial charge in [-0.2, -0.15) is 0 Å². The number of rotatable bonds is 2. The van der Waals surface area contributed by atoms with Gasteiger partial charge in [-0.05, 0) is 34.1 Å². The van der Waals surface area contributed by atoms with Crippen LogP contribution in [-0.2, 0) is 4.74 Å². The van der Waals surface area contributed by atoms with Gasteiger partial charge >= 0.3 is 0 Å². The van der Waals surface area contributed by atoms with Crippen LogP contribution >= 0.6 is 27.5 Å². The smallest absolute Gasteiger partial charge is 0.254 e. The van der Waals surface area contributed by atoms with Crippen molar-refractivity contribution < 1.29 is 14.6 Å². The van der Waals surface area contributed by atoms with Crippen LogP contribution in [0.2, 0.25) is 5.02 Å². The molecule has 0 aromatic heterocycles. The van der Waals surface area contributed by atoms with Gasteiger partial charge in [-0.3, -0.25) is 4.79 Å². The summed E-state index contributed by atoms with van der Waals surface area (Å²) < 4.78 is 5.93. The molecule has 98 valence electrons. The van der Waals surface area contributed by atoms with E-state index in [2.05, 4.69) is 15.9 Å². The third kappa shape index (κ3) is 2.85. The predicted octanol–water partition coefficient (Wildman–Crippen LogP) is 1.94. The summed E-state index contributed by atoms with van der Waals surface area (Å²) in [5.41, 5.74) is 0.548. The fourth-order valence-electron chi connectivity index (χ4n) is 1.87. The fraction of sp³-hybridized carbons (Fsp3) is 0.417. The average molecular weight is 335 g/mol. The van der Waals surface area contributed by atoms with Crippen LogP contribution in [0.25, 0.3) is 0 Å². The number of hydrogen-bond donors (Lipinski definition) is 1. The van der Waals surface area contributed by atoms with Crippen molar-refractivity contribution in [2.45, 2.75) is 6.04 Å². The van der Waals surface area contributed by atoms with Crippen molar-refractivity contribution in [3.05, 3.63) is 33.3 Å². The number of carbonyl (C=O) groups is 1. The Morgan fingerprint density at radius 3 is 3.06 bits per heavy atom. The topological polar surface area (TPSA) is 49.8 Å². The van der Waals surface area contributed by atoms with E-state index in [4.69, 9.17) is 16.3 Å². The number of aliphatic hydroxyl groups excluding tert-OH is 1. The Balaban J connectivity index is 2.21. The maximum Gasteiger partial charge on any atom is 0.254 e. The van der Waals surface area contributed by atoms with Gasteiger partial charge in [0.25, 0.3) is 5.91 Å². The molecule has 1 aromatic carbocycles. The van der Waals surface area contributed by atoms with Crippen molar-refractivity contribution in [1.82, 2.24) is 4.90 Å². The molecule has 0 aliphatic carbocycles. The lowest BCUT2D eigenvalue weighted by atomic mass is 10.1. The molecule has 0 spiro atoms. The Labute approximate surface area is 119 Å². The van der Waals surface area contributed by atoms with Crippen LogP contribution in [0.4, 0.5) is 0 Å². The van der Waals surface area contributed by atoms with E-state index in [1.54, 1.807) is 23.1 Å². The molecule has 1 unspecified atom stereocenters. The molecule has 4 nitrogen and oxygen atoms in total. The van der Waals surface area contributed by atoms with Crippen molar-refractivity contribution in [2.24, 2.45) is 0 Å². The lowest BCUT2D eigenvalue weighted by molar-refractivity contribution is -0.0183. The van der Waals surface area contributed by atoms with E-state index in [0.717, 1.165) is 0 Å². The molecule has 0 bridgehead atoms. The number of benzene rings is 1. The van der Waals surface area contributed by atoms with Crippen LogP contribution in [0.3, 0.4) is 0 Å². The number of hydrogen-bond acceptors (Lipinski definition) is 3. The maximum absolute atomic E-state index is 12.3. The third-order valence-electron chi connectivity index (χ3n) is 2.87. The molecule has 1 saturated heterocycles. The highest BCUT2D eigenvalue weighted by Gasteiger charge is 2.27. The number of halogens is 2. The van der Waals surface area contributed by atoms with Crippen LogP contribution in [0, 0.1) is 0 Å². The summed E-state index contributed by atoms with van der Waals surface area (Å²) in [7, 11) is 0. The molecule has 1 aliphatic rings. The molecule has 1 aromatic rings. The third-order valence-corrected chi connectivity index (χ3v) is 4.08. The monoisotopic (exact) mass is 333 g/mol. The first kappa shape index (κ1) is 13.8. The minimum absolute atomic E-state index is 0.0967. The maximum atomic E-state index is 12.3. The summed E-state index contributed by atoms with van der Waals surface area (Å²) in [6.45, 7) is 1.26. The number of carbonyl (C=O) groups excluding carboxylic acids is 1. The van der Waals surface area contributed by atoms with Gasteiger partial charge in [0, 0.05) is 16.6 Å². The normalized spacial score (nSPS) is 19.9. The van der Waals surface area contributed by atoms with Gasteiger partial charge in [-0.15, -0.1) is 0 Å². The SMILES string of the molecule is O=C(c1ccc(Cl)c(Br)c1)N1CCOCC1CO. The van der Waals surface area contributed by atoms with Crippen LogP contribution in [0.5, 0.6) is 0 Å². The number of aliphatic hydroxyl groups is 1. The molecule has 1 fully saturated rings. The van der Waals surface area contributed by atoms with Crippen LogP contribution in [-0.4, -0.2) is 48.3 Å². The van der Waals surface area contributed by atoms with Gasteiger partial charge in [-0.25, -0.2) is 0 Å². The zero-order valence-corrected chi connectivity index (χ0v) is 11.9. The number of morpholine rings is 1. The molecule has 0 radical (unpaired) electrons. The van der Waals surface area contributed by atoms with E-state index in [1.165, 1.54) is 0 Å². The van der Waals surface area contributed by atoms with Gasteiger partial charge in [0.1, 0.15) is 0 Å². The fourth-order valence-corrected chi connectivity index (χ4v) is 2.36. The van der Waals surface area contributed by atoms with Crippen LogP contribution < -0.4 is 0 Å². The summed E-state index contributed by atoms with van der Waals surface area (Å²) in [5, 5.41) is 9.81. The van der Waals surface area contributed by atoms with Crippen LogP contribution in [0.1, 0.15) is 10.4 Å². The highest BCUT2D eigenvalue weighted by molar-refractivity contribution is 9.10. The molecular weight excluding hydrogens is 321 g/mol. The van der Waals surface area contributed by atoms with Crippen molar-refractivity contribution in [3.63, 3.8) is 0 Å². The standard InChI is InChI=1S/C12H13BrClNO3/c13-10-5-8(1-2-11(10)14)12(17)15-3-4-18-7-9(15)6-16/h1-2,5,9,16H,3-4,6-7H2. The summed E-state index contributed by atoms with van der Waals surface area (Å²) in [6.07, 6.45) is 0. The van der Waals surface area contributed by atoms with E-state index in [-0.39, 0.29) is 18.6 Å². The molecule has 6 heteroatoms. The Kier molecular flexibility index (Phi) is 4.61. The van der Waals surface area contributed by atoms with Crippen LogP contribution in [0.15, 0.2) is 22.7 Å². The Morgan fingerprint density at radius 2 is 2.39 bits per heavy atom. The predicted molar refractivity (Wildman–Crippen MR) is 71.9 cm³/mol. The number of nitrogens with zero attached hydrogens (tertiary/aromatic N) is 1. The number of ether oxygens (including phenoxy) is 1. The lowest BCUT2D eigenvalue weighted by Gasteiger charge is -2.34. The molecule has 0 saturated carbocycles. The quantitative estimate of drug-likeness (QED) is 0.899. The summed E-state index contributed by atoms with van der Waals surface area (Å²) in [6, 6.07) is 4.77. The number of amides is 1. The van der Waals surface area contributed by atoms with Crippen molar-refractivity contribution in [1.29, 1.82) is 0 Å². The largest absolute Gasteiger partial charge is 0.394 e. The molecule has 1 amide bonds. The molecule has 1 atom stereocenters. The van der Waals surface area contributed by atoms with E-state index >= 15 is 0 Å². The van der Waals surface area contributed by atoms with Gasteiger partial charge in [-0.1, -0.05) is 11.6 Å². The molecule has 1 aliphatic heterocycles. The highest BCUT2D eigenvalue weighted by atomic mass is 79.9. The molecule has 1 N–H and O–H groups in total. The molecule has 2 rings (SSSR count). The summed E-state index contributed by atoms with van der Waals surface area (Å²) in [4.78, 5) is 14.0.